The number of ether oxygens (including phenoxy) is 4. The molecule has 0 aliphatic rings. The fourth-order valence-corrected chi connectivity index (χ4v) is 1.75. The summed E-state index contributed by atoms with van der Waals surface area (Å²) in [6, 6.07) is 0. The van der Waals surface area contributed by atoms with Gasteiger partial charge in [0.2, 0.25) is 0 Å². The standard InChI is InChI=1S/C13H22O7/c1-8(14)18-7-11(17-6)12(19-9(2)15)13(4,5)20-10(3)16/h11-12H,7H2,1-6H3/t11-,12-/m1/s1. The number of esters is 3. The molecule has 0 rings (SSSR count). The average molecular weight is 290 g/mol. The second-order valence-electron chi connectivity index (χ2n) is 4.80. The minimum absolute atomic E-state index is 0.117. The Morgan fingerprint density at radius 2 is 1.55 bits per heavy atom. The lowest BCUT2D eigenvalue weighted by Gasteiger charge is -2.36. The lowest BCUT2D eigenvalue weighted by molar-refractivity contribution is -0.198. The molecule has 0 radical (unpaired) electrons. The van der Waals surface area contributed by atoms with Crippen LogP contribution < -0.4 is 0 Å². The summed E-state index contributed by atoms with van der Waals surface area (Å²) in [5, 5.41) is 0. The number of carbonyl (C=O) groups excluding carboxylic acids is 3. The van der Waals surface area contributed by atoms with Crippen molar-refractivity contribution < 1.29 is 33.3 Å². The van der Waals surface area contributed by atoms with Crippen molar-refractivity contribution in [3.8, 4) is 0 Å². The topological polar surface area (TPSA) is 88.1 Å². The maximum absolute atomic E-state index is 11.2. The smallest absolute Gasteiger partial charge is 0.303 e. The second kappa shape index (κ2) is 7.84. The third-order valence-electron chi connectivity index (χ3n) is 2.48. The Morgan fingerprint density at radius 3 is 1.90 bits per heavy atom. The molecule has 0 spiro atoms. The molecule has 0 saturated heterocycles. The fourth-order valence-electron chi connectivity index (χ4n) is 1.75. The zero-order valence-corrected chi connectivity index (χ0v) is 12.7. The molecule has 7 heteroatoms. The van der Waals surface area contributed by atoms with Crippen LogP contribution in [0.3, 0.4) is 0 Å². The molecule has 0 aliphatic carbocycles. The Balaban J connectivity index is 5.12. The lowest BCUT2D eigenvalue weighted by atomic mass is 9.96. The molecule has 0 bridgehead atoms. The summed E-state index contributed by atoms with van der Waals surface area (Å²) in [4.78, 5) is 33.2. The first-order valence-electron chi connectivity index (χ1n) is 6.13. The van der Waals surface area contributed by atoms with Gasteiger partial charge in [0.25, 0.3) is 0 Å². The minimum atomic E-state index is -1.13. The summed E-state index contributed by atoms with van der Waals surface area (Å²) in [6.45, 7) is 6.79. The minimum Gasteiger partial charge on any atom is -0.463 e. The molecule has 0 aromatic rings. The summed E-state index contributed by atoms with van der Waals surface area (Å²) in [5.41, 5.74) is -1.13. The van der Waals surface area contributed by atoms with E-state index in [4.69, 9.17) is 18.9 Å². The highest BCUT2D eigenvalue weighted by Crippen LogP contribution is 2.23. The highest BCUT2D eigenvalue weighted by atomic mass is 16.6. The number of carbonyl (C=O) groups is 3. The maximum Gasteiger partial charge on any atom is 0.303 e. The van der Waals surface area contributed by atoms with Crippen LogP contribution in [0.25, 0.3) is 0 Å². The maximum atomic E-state index is 11.2. The summed E-state index contributed by atoms with van der Waals surface area (Å²) in [5.74, 6) is -1.56. The van der Waals surface area contributed by atoms with Crippen molar-refractivity contribution in [3.63, 3.8) is 0 Å². The Labute approximate surface area is 118 Å². The van der Waals surface area contributed by atoms with Gasteiger partial charge in [0, 0.05) is 27.9 Å². The van der Waals surface area contributed by atoms with Gasteiger partial charge in [0.15, 0.2) is 6.10 Å². The van der Waals surface area contributed by atoms with Gasteiger partial charge in [-0.05, 0) is 13.8 Å². The van der Waals surface area contributed by atoms with Crippen molar-refractivity contribution in [1.29, 1.82) is 0 Å². The predicted octanol–water partition coefficient (Wildman–Crippen LogP) is 0.838. The molecular formula is C13H22O7. The predicted molar refractivity (Wildman–Crippen MR) is 68.8 cm³/mol. The van der Waals surface area contributed by atoms with Crippen LogP contribution in [0.5, 0.6) is 0 Å². The van der Waals surface area contributed by atoms with Crippen LogP contribution in [0, 0.1) is 0 Å². The van der Waals surface area contributed by atoms with Crippen LogP contribution >= 0.6 is 0 Å². The lowest BCUT2D eigenvalue weighted by Crippen LogP contribution is -2.52. The van der Waals surface area contributed by atoms with Gasteiger partial charge in [0.05, 0.1) is 0 Å². The molecule has 0 aromatic carbocycles. The molecular weight excluding hydrogens is 268 g/mol. The first kappa shape index (κ1) is 18.4. The van der Waals surface area contributed by atoms with Crippen molar-refractivity contribution in [3.05, 3.63) is 0 Å². The number of rotatable bonds is 7. The second-order valence-corrected chi connectivity index (χ2v) is 4.80. The normalized spacial score (nSPS) is 14.1. The van der Waals surface area contributed by atoms with Crippen molar-refractivity contribution in [2.75, 3.05) is 13.7 Å². The molecule has 0 saturated carbocycles. The first-order valence-corrected chi connectivity index (χ1v) is 6.13. The highest BCUT2D eigenvalue weighted by Gasteiger charge is 2.42. The largest absolute Gasteiger partial charge is 0.463 e. The third-order valence-corrected chi connectivity index (χ3v) is 2.48. The Morgan fingerprint density at radius 1 is 1.00 bits per heavy atom. The zero-order valence-electron chi connectivity index (χ0n) is 12.7. The Bertz CT molecular complexity index is 362. The van der Waals surface area contributed by atoms with E-state index < -0.39 is 35.7 Å². The van der Waals surface area contributed by atoms with Gasteiger partial charge in [0.1, 0.15) is 18.3 Å². The molecule has 0 N–H and O–H groups in total. The van der Waals surface area contributed by atoms with E-state index in [1.165, 1.54) is 27.9 Å². The van der Waals surface area contributed by atoms with Crippen LogP contribution in [0.4, 0.5) is 0 Å². The Hall–Kier alpha value is -1.63. The molecule has 0 amide bonds. The molecule has 116 valence electrons. The van der Waals surface area contributed by atoms with Gasteiger partial charge in [-0.15, -0.1) is 0 Å². The summed E-state index contributed by atoms with van der Waals surface area (Å²) in [6.07, 6.45) is -1.66. The summed E-state index contributed by atoms with van der Waals surface area (Å²) >= 11 is 0. The van der Waals surface area contributed by atoms with E-state index in [0.29, 0.717) is 0 Å². The molecule has 0 heterocycles. The van der Waals surface area contributed by atoms with Crippen molar-refractivity contribution in [1.82, 2.24) is 0 Å². The zero-order chi connectivity index (χ0) is 15.9. The highest BCUT2D eigenvalue weighted by molar-refractivity contribution is 5.68. The van der Waals surface area contributed by atoms with E-state index in [9.17, 15) is 14.4 Å². The summed E-state index contributed by atoms with van der Waals surface area (Å²) < 4.78 is 20.4. The van der Waals surface area contributed by atoms with Crippen molar-refractivity contribution in [2.45, 2.75) is 52.4 Å². The van der Waals surface area contributed by atoms with E-state index in [1.807, 2.05) is 0 Å². The van der Waals surface area contributed by atoms with E-state index in [0.717, 1.165) is 0 Å². The number of hydrogen-bond donors (Lipinski definition) is 0. The first-order chi connectivity index (χ1) is 9.10. The van der Waals surface area contributed by atoms with Crippen LogP contribution in [0.1, 0.15) is 34.6 Å². The van der Waals surface area contributed by atoms with E-state index in [1.54, 1.807) is 13.8 Å². The Kier molecular flexibility index (Phi) is 7.20. The SMILES string of the molecule is CO[C@H](COC(C)=O)[C@@H](OC(C)=O)C(C)(C)OC(C)=O. The van der Waals surface area contributed by atoms with Crippen LogP contribution in [-0.4, -0.2) is 49.4 Å². The molecule has 7 nitrogen and oxygen atoms in total. The van der Waals surface area contributed by atoms with Crippen LogP contribution in [0.2, 0.25) is 0 Å². The van der Waals surface area contributed by atoms with E-state index in [2.05, 4.69) is 0 Å². The molecule has 0 unspecified atom stereocenters. The van der Waals surface area contributed by atoms with Gasteiger partial charge in [-0.3, -0.25) is 14.4 Å². The van der Waals surface area contributed by atoms with Crippen LogP contribution in [-0.2, 0) is 33.3 Å². The van der Waals surface area contributed by atoms with Gasteiger partial charge < -0.3 is 18.9 Å². The van der Waals surface area contributed by atoms with Gasteiger partial charge >= 0.3 is 17.9 Å². The van der Waals surface area contributed by atoms with Crippen molar-refractivity contribution in [2.24, 2.45) is 0 Å². The summed E-state index contributed by atoms with van der Waals surface area (Å²) in [7, 11) is 1.38. The van der Waals surface area contributed by atoms with Gasteiger partial charge in [-0.1, -0.05) is 0 Å². The van der Waals surface area contributed by atoms with E-state index in [-0.39, 0.29) is 6.61 Å². The average Bonchev–Trinajstić information content (AvgIpc) is 2.25. The molecule has 2 atom stereocenters. The molecule has 0 aliphatic heterocycles. The van der Waals surface area contributed by atoms with Gasteiger partial charge in [-0.2, -0.15) is 0 Å². The van der Waals surface area contributed by atoms with Crippen LogP contribution in [0.15, 0.2) is 0 Å². The fraction of sp³-hybridized carbons (Fsp3) is 0.769. The quantitative estimate of drug-likeness (QED) is 0.507. The van der Waals surface area contributed by atoms with Crippen molar-refractivity contribution >= 4 is 17.9 Å². The van der Waals surface area contributed by atoms with Gasteiger partial charge in [-0.25, -0.2) is 0 Å². The molecule has 20 heavy (non-hydrogen) atoms. The number of methoxy groups -OCH3 is 1. The monoisotopic (exact) mass is 290 g/mol. The van der Waals surface area contributed by atoms with E-state index >= 15 is 0 Å². The molecule has 0 fully saturated rings. The molecule has 0 aromatic heterocycles. The number of hydrogen-bond acceptors (Lipinski definition) is 7. The third kappa shape index (κ3) is 6.51.